The molecule has 0 saturated carbocycles. The number of Topliss-reactive ketones (excluding diaryl/α,β-unsaturated/α-hetero) is 1. The molecule has 0 radical (unpaired) electrons. The van der Waals surface area contributed by atoms with E-state index in [1.165, 1.54) is 11.3 Å². The number of ether oxygens (including phenoxy) is 1. The summed E-state index contributed by atoms with van der Waals surface area (Å²) < 4.78 is 36.4. The van der Waals surface area contributed by atoms with E-state index in [9.17, 15) is 28.2 Å². The molecule has 4 heterocycles. The van der Waals surface area contributed by atoms with E-state index < -0.39 is 52.2 Å². The van der Waals surface area contributed by atoms with Crippen molar-refractivity contribution in [3.63, 3.8) is 0 Å². The zero-order chi connectivity index (χ0) is 31.0. The van der Waals surface area contributed by atoms with E-state index in [1.54, 1.807) is 29.4 Å². The number of rotatable bonds is 4. The van der Waals surface area contributed by atoms with Crippen molar-refractivity contribution in [2.45, 2.75) is 117 Å². The molecule has 12 heteroatoms. The molecule has 0 spiro atoms. The maximum Gasteiger partial charge on any atom is 0.309 e. The molecule has 42 heavy (non-hydrogen) atoms. The van der Waals surface area contributed by atoms with Gasteiger partial charge in [-0.25, -0.2) is 4.98 Å². The number of thiazole rings is 1. The standard InChI is InChI=1S/C30H47N3O7S2/c1-18-10-9-11-23-24(33(23)42(38,39)32-12-7-8-13-32)15-25(19(2)14-22-17-41-21(4)31-22)40-27(35)16-26(34)30(5,6)29(37)20(3)28(18)36/h14,17-18,20,23-26,28,34,36H,7-13,15-16H2,1-6H3/b19-14+/t18-,20+,23+,24?,25?,26-,28-,33?/m0/s1. The maximum absolute atomic E-state index is 13.6. The fourth-order valence-electron chi connectivity index (χ4n) is 6.44. The Morgan fingerprint density at radius 2 is 1.79 bits per heavy atom. The highest BCUT2D eigenvalue weighted by Crippen LogP contribution is 2.43. The van der Waals surface area contributed by atoms with Crippen LogP contribution in [0.25, 0.3) is 6.08 Å². The summed E-state index contributed by atoms with van der Waals surface area (Å²) in [6.07, 6.45) is 2.34. The van der Waals surface area contributed by atoms with Gasteiger partial charge in [-0.2, -0.15) is 17.0 Å². The Labute approximate surface area is 254 Å². The van der Waals surface area contributed by atoms with E-state index in [0.717, 1.165) is 29.1 Å². The lowest BCUT2D eigenvalue weighted by Gasteiger charge is -2.34. The number of aliphatic hydroxyl groups is 2. The largest absolute Gasteiger partial charge is 0.458 e. The number of cyclic esters (lactones) is 1. The van der Waals surface area contributed by atoms with Crippen molar-refractivity contribution in [1.82, 2.24) is 13.6 Å². The summed E-state index contributed by atoms with van der Waals surface area (Å²) in [5.41, 5.74) is 0.186. The molecule has 236 valence electrons. The van der Waals surface area contributed by atoms with Crippen LogP contribution in [0.1, 0.15) is 90.3 Å². The van der Waals surface area contributed by atoms with Gasteiger partial charge in [-0.1, -0.05) is 34.1 Å². The second-order valence-electron chi connectivity index (χ2n) is 13.0. The van der Waals surface area contributed by atoms with Crippen molar-refractivity contribution in [1.29, 1.82) is 0 Å². The van der Waals surface area contributed by atoms with Crippen LogP contribution in [-0.2, 0) is 24.5 Å². The number of aromatic nitrogens is 1. The zero-order valence-electron chi connectivity index (χ0n) is 25.7. The minimum absolute atomic E-state index is 0.199. The fourth-order valence-corrected chi connectivity index (χ4v) is 9.10. The molecule has 3 aliphatic heterocycles. The van der Waals surface area contributed by atoms with E-state index in [0.29, 0.717) is 32.4 Å². The summed E-state index contributed by atoms with van der Waals surface area (Å²) in [4.78, 5) is 31.1. The second-order valence-corrected chi connectivity index (χ2v) is 15.9. The van der Waals surface area contributed by atoms with Gasteiger partial charge in [-0.15, -0.1) is 11.3 Å². The molecule has 3 saturated heterocycles. The normalized spacial score (nSPS) is 36.0. The Morgan fingerprint density at radius 3 is 2.40 bits per heavy atom. The van der Waals surface area contributed by atoms with Gasteiger partial charge in [-0.3, -0.25) is 9.59 Å². The number of ketones is 1. The Balaban J connectivity index is 1.66. The quantitative estimate of drug-likeness (QED) is 0.382. The molecule has 8 atom stereocenters. The van der Waals surface area contributed by atoms with Crippen LogP contribution in [0, 0.1) is 24.2 Å². The zero-order valence-corrected chi connectivity index (χ0v) is 27.3. The van der Waals surface area contributed by atoms with E-state index in [1.807, 2.05) is 32.2 Å². The van der Waals surface area contributed by atoms with Crippen LogP contribution in [0.5, 0.6) is 0 Å². The molecule has 1 aromatic heterocycles. The lowest BCUT2D eigenvalue weighted by Crippen LogP contribution is -2.45. The van der Waals surface area contributed by atoms with Gasteiger partial charge in [0, 0.05) is 42.9 Å². The van der Waals surface area contributed by atoms with Crippen LogP contribution in [0.3, 0.4) is 0 Å². The third-order valence-electron chi connectivity index (χ3n) is 9.41. The fraction of sp³-hybridized carbons (Fsp3) is 0.767. The number of nitrogens with zero attached hydrogens (tertiary/aromatic N) is 3. The third kappa shape index (κ3) is 7.15. The van der Waals surface area contributed by atoms with Crippen LogP contribution in [0.4, 0.5) is 0 Å². The third-order valence-corrected chi connectivity index (χ3v) is 12.3. The van der Waals surface area contributed by atoms with Crippen molar-refractivity contribution in [2.24, 2.45) is 17.3 Å². The first-order valence-electron chi connectivity index (χ1n) is 15.1. The second kappa shape index (κ2) is 13.1. The van der Waals surface area contributed by atoms with Gasteiger partial charge in [0.15, 0.2) is 0 Å². The molecule has 3 fully saturated rings. The van der Waals surface area contributed by atoms with Crippen LogP contribution in [0.15, 0.2) is 11.0 Å². The first-order valence-corrected chi connectivity index (χ1v) is 17.4. The number of carbonyl (C=O) groups is 2. The van der Waals surface area contributed by atoms with Gasteiger partial charge in [0.2, 0.25) is 0 Å². The first kappa shape index (κ1) is 33.2. The number of hydrogen-bond acceptors (Lipinski definition) is 9. The molecule has 3 unspecified atom stereocenters. The molecule has 1 aromatic rings. The predicted octanol–water partition coefficient (Wildman–Crippen LogP) is 3.71. The minimum Gasteiger partial charge on any atom is -0.458 e. The highest BCUT2D eigenvalue weighted by Gasteiger charge is 2.57. The summed E-state index contributed by atoms with van der Waals surface area (Å²) >= 11 is 1.51. The van der Waals surface area contributed by atoms with Crippen molar-refractivity contribution >= 4 is 39.4 Å². The first-order chi connectivity index (χ1) is 19.6. The lowest BCUT2D eigenvalue weighted by atomic mass is 9.73. The molecule has 0 aromatic carbocycles. The average molecular weight is 626 g/mol. The molecule has 4 rings (SSSR count). The summed E-state index contributed by atoms with van der Waals surface area (Å²) in [6.45, 7) is 11.5. The highest BCUT2D eigenvalue weighted by atomic mass is 32.2. The van der Waals surface area contributed by atoms with E-state index in [4.69, 9.17) is 4.74 Å². The van der Waals surface area contributed by atoms with E-state index in [-0.39, 0.29) is 30.2 Å². The van der Waals surface area contributed by atoms with Crippen LogP contribution in [-0.4, -0.2) is 87.5 Å². The Bertz CT molecular complexity index is 1270. The van der Waals surface area contributed by atoms with Gasteiger partial charge in [0.05, 0.1) is 34.7 Å². The van der Waals surface area contributed by atoms with Gasteiger partial charge >= 0.3 is 5.97 Å². The number of aliphatic hydroxyl groups excluding tert-OH is 2. The van der Waals surface area contributed by atoms with Gasteiger partial charge in [-0.05, 0) is 57.1 Å². The molecular formula is C30H47N3O7S2. The van der Waals surface area contributed by atoms with E-state index >= 15 is 0 Å². The molecule has 0 amide bonds. The Hall–Kier alpha value is -1.70. The number of fused-ring (bicyclic) bond motifs is 1. The number of hydrogen-bond donors (Lipinski definition) is 2. The van der Waals surface area contributed by atoms with Gasteiger partial charge < -0.3 is 14.9 Å². The molecule has 0 aliphatic carbocycles. The Morgan fingerprint density at radius 1 is 1.12 bits per heavy atom. The Kier molecular flexibility index (Phi) is 10.4. The number of esters is 1. The predicted molar refractivity (Wildman–Crippen MR) is 162 cm³/mol. The summed E-state index contributed by atoms with van der Waals surface area (Å²) in [6, 6.07) is -0.587. The summed E-state index contributed by atoms with van der Waals surface area (Å²) in [5, 5.41) is 24.8. The van der Waals surface area contributed by atoms with Gasteiger partial charge in [0.1, 0.15) is 11.9 Å². The molecule has 10 nitrogen and oxygen atoms in total. The van der Waals surface area contributed by atoms with Crippen molar-refractivity contribution in [3.8, 4) is 0 Å². The van der Waals surface area contributed by atoms with Crippen LogP contribution >= 0.6 is 11.3 Å². The monoisotopic (exact) mass is 625 g/mol. The van der Waals surface area contributed by atoms with Gasteiger partial charge in [0.25, 0.3) is 10.2 Å². The topological polar surface area (TPSA) is 137 Å². The molecule has 0 bridgehead atoms. The lowest BCUT2D eigenvalue weighted by molar-refractivity contribution is -0.154. The highest BCUT2D eigenvalue weighted by molar-refractivity contribution is 7.87. The van der Waals surface area contributed by atoms with Crippen molar-refractivity contribution in [2.75, 3.05) is 13.1 Å². The summed E-state index contributed by atoms with van der Waals surface area (Å²) in [7, 11) is -3.67. The van der Waals surface area contributed by atoms with Crippen LogP contribution in [0.2, 0.25) is 0 Å². The minimum atomic E-state index is -3.67. The molecule has 3 aliphatic rings. The number of aryl methyl sites for hydroxylation is 1. The summed E-state index contributed by atoms with van der Waals surface area (Å²) in [5.74, 6) is -1.93. The van der Waals surface area contributed by atoms with Crippen LogP contribution < -0.4 is 0 Å². The SMILES string of the molecule is C/C(=C\c1csc(C)n1)C1CC2[C@@H](CCC[C@H](C)[C@H](O)[C@@H](C)C(=O)C(C)(C)[C@@H](O)CC(=O)O1)N2S(=O)(=O)N1CCCC1. The van der Waals surface area contributed by atoms with Crippen molar-refractivity contribution in [3.05, 3.63) is 21.7 Å². The average Bonchev–Trinajstić information content (AvgIpc) is 3.25. The smallest absolute Gasteiger partial charge is 0.309 e. The van der Waals surface area contributed by atoms with E-state index in [2.05, 4.69) is 4.98 Å². The van der Waals surface area contributed by atoms with Crippen molar-refractivity contribution < 1.29 is 33.0 Å². The molecular weight excluding hydrogens is 578 g/mol. The maximum atomic E-state index is 13.6. The number of carbonyl (C=O) groups excluding carboxylic acids is 2. The molecule has 2 N–H and O–H groups in total.